The molecular formula is C26H19FN2O6. The van der Waals surface area contributed by atoms with Crippen LogP contribution in [-0.2, 0) is 6.42 Å². The largest absolute Gasteiger partial charge is 0.497 e. The molecule has 1 amide bonds. The van der Waals surface area contributed by atoms with Gasteiger partial charge in [-0.15, -0.1) is 0 Å². The lowest BCUT2D eigenvalue weighted by Gasteiger charge is -2.25. The molecule has 0 aliphatic carbocycles. The van der Waals surface area contributed by atoms with Crippen molar-refractivity contribution in [3.05, 3.63) is 115 Å². The molecule has 9 heteroatoms. The van der Waals surface area contributed by atoms with Crippen molar-refractivity contribution in [1.82, 2.24) is 4.90 Å². The Hall–Kier alpha value is -4.53. The van der Waals surface area contributed by atoms with E-state index in [2.05, 4.69) is 0 Å². The second kappa shape index (κ2) is 8.68. The number of halogens is 1. The quantitative estimate of drug-likeness (QED) is 0.298. The number of amides is 1. The van der Waals surface area contributed by atoms with Crippen molar-refractivity contribution in [2.24, 2.45) is 0 Å². The molecule has 0 saturated carbocycles. The van der Waals surface area contributed by atoms with Crippen molar-refractivity contribution in [2.45, 2.75) is 12.5 Å². The Bertz CT molecular complexity index is 1510. The average molecular weight is 474 g/mol. The third kappa shape index (κ3) is 3.90. The fraction of sp³-hybridized carbons (Fsp3) is 0.154. The van der Waals surface area contributed by atoms with Crippen LogP contribution in [0.15, 0.2) is 75.9 Å². The lowest BCUT2D eigenvalue weighted by Crippen LogP contribution is -2.31. The van der Waals surface area contributed by atoms with Gasteiger partial charge in [0.2, 0.25) is 5.76 Å². The predicted molar refractivity (Wildman–Crippen MR) is 125 cm³/mol. The van der Waals surface area contributed by atoms with Gasteiger partial charge < -0.3 is 14.1 Å². The first kappa shape index (κ1) is 22.3. The van der Waals surface area contributed by atoms with Crippen LogP contribution in [0.4, 0.5) is 10.1 Å². The number of carbonyl (C=O) groups excluding carboxylic acids is 1. The number of hydrogen-bond donors (Lipinski definition) is 0. The standard InChI is InChI=1S/C26H19FN2O6/c1-34-19-9-2-15(3-10-19)12-13-28-23(16-4-7-18(8-5-16)29(32)33)22-24(30)20-14-17(27)6-11-21(20)35-25(22)26(28)31/h2-11,14,23H,12-13H2,1H3/t23-/m1/s1. The molecule has 0 spiro atoms. The van der Waals surface area contributed by atoms with Gasteiger partial charge in [-0.1, -0.05) is 12.1 Å². The maximum Gasteiger partial charge on any atom is 0.290 e. The van der Waals surface area contributed by atoms with Crippen LogP contribution < -0.4 is 10.2 Å². The van der Waals surface area contributed by atoms with Crippen LogP contribution in [0.3, 0.4) is 0 Å². The van der Waals surface area contributed by atoms with Crippen LogP contribution in [0.2, 0.25) is 0 Å². The molecule has 0 saturated heterocycles. The van der Waals surface area contributed by atoms with Crippen LogP contribution in [-0.4, -0.2) is 29.4 Å². The molecule has 0 bridgehead atoms. The van der Waals surface area contributed by atoms with E-state index < -0.39 is 28.1 Å². The molecule has 2 heterocycles. The zero-order valence-electron chi connectivity index (χ0n) is 18.6. The Kier molecular flexibility index (Phi) is 5.52. The molecule has 0 N–H and O–H groups in total. The smallest absolute Gasteiger partial charge is 0.290 e. The number of benzene rings is 3. The van der Waals surface area contributed by atoms with E-state index in [1.807, 2.05) is 24.3 Å². The second-order valence-corrected chi connectivity index (χ2v) is 8.16. The Morgan fingerprint density at radius 1 is 1.06 bits per heavy atom. The van der Waals surface area contributed by atoms with Crippen molar-refractivity contribution in [3.63, 3.8) is 0 Å². The fourth-order valence-electron chi connectivity index (χ4n) is 4.39. The summed E-state index contributed by atoms with van der Waals surface area (Å²) >= 11 is 0. The van der Waals surface area contributed by atoms with Gasteiger partial charge in [-0.2, -0.15) is 0 Å². The summed E-state index contributed by atoms with van der Waals surface area (Å²) in [5.74, 6) is -0.472. The van der Waals surface area contributed by atoms with Crippen molar-refractivity contribution in [2.75, 3.05) is 13.7 Å². The van der Waals surface area contributed by atoms with Crippen molar-refractivity contribution >= 4 is 22.6 Å². The molecule has 0 fully saturated rings. The van der Waals surface area contributed by atoms with Gasteiger partial charge in [0.1, 0.15) is 17.1 Å². The van der Waals surface area contributed by atoms with E-state index in [1.54, 1.807) is 7.11 Å². The number of nitro groups is 1. The Labute approximate surface area is 198 Å². The minimum absolute atomic E-state index is 0.0282. The van der Waals surface area contributed by atoms with E-state index >= 15 is 0 Å². The van der Waals surface area contributed by atoms with Gasteiger partial charge in [-0.25, -0.2) is 4.39 Å². The van der Waals surface area contributed by atoms with E-state index in [-0.39, 0.29) is 34.5 Å². The highest BCUT2D eigenvalue weighted by molar-refractivity contribution is 5.99. The van der Waals surface area contributed by atoms with Crippen molar-refractivity contribution < 1.29 is 23.3 Å². The summed E-state index contributed by atoms with van der Waals surface area (Å²) in [6.45, 7) is 0.251. The molecule has 176 valence electrons. The molecule has 4 aromatic rings. The second-order valence-electron chi connectivity index (χ2n) is 8.16. The number of methoxy groups -OCH3 is 1. The predicted octanol–water partition coefficient (Wildman–Crippen LogP) is 4.64. The third-order valence-electron chi connectivity index (χ3n) is 6.15. The minimum atomic E-state index is -0.833. The van der Waals surface area contributed by atoms with E-state index in [0.717, 1.165) is 17.7 Å². The normalized spacial score (nSPS) is 14.9. The summed E-state index contributed by atoms with van der Waals surface area (Å²) in [6, 6.07) is 15.8. The van der Waals surface area contributed by atoms with Gasteiger partial charge in [0, 0.05) is 18.7 Å². The molecule has 1 aliphatic heterocycles. The van der Waals surface area contributed by atoms with Gasteiger partial charge >= 0.3 is 0 Å². The zero-order valence-corrected chi connectivity index (χ0v) is 18.6. The summed E-state index contributed by atoms with van der Waals surface area (Å²) in [5, 5.41) is 11.1. The van der Waals surface area contributed by atoms with Gasteiger partial charge in [-0.05, 0) is 60.0 Å². The third-order valence-corrected chi connectivity index (χ3v) is 6.15. The maximum absolute atomic E-state index is 13.9. The van der Waals surface area contributed by atoms with Crippen LogP contribution in [0, 0.1) is 15.9 Å². The Balaban J connectivity index is 1.60. The number of nitro benzene ring substituents is 1. The molecule has 1 aliphatic rings. The average Bonchev–Trinajstić information content (AvgIpc) is 3.15. The summed E-state index contributed by atoms with van der Waals surface area (Å²) in [5.41, 5.74) is 1.05. The first-order valence-electron chi connectivity index (χ1n) is 10.8. The number of ether oxygens (including phenoxy) is 1. The Morgan fingerprint density at radius 3 is 2.43 bits per heavy atom. The van der Waals surface area contributed by atoms with Crippen LogP contribution in [0.5, 0.6) is 5.75 Å². The topological polar surface area (TPSA) is 103 Å². The molecule has 5 rings (SSSR count). The summed E-state index contributed by atoms with van der Waals surface area (Å²) in [6.07, 6.45) is 0.482. The molecule has 3 aromatic carbocycles. The lowest BCUT2D eigenvalue weighted by molar-refractivity contribution is -0.384. The molecule has 8 nitrogen and oxygen atoms in total. The number of hydrogen-bond acceptors (Lipinski definition) is 6. The molecule has 0 radical (unpaired) electrons. The highest BCUT2D eigenvalue weighted by Gasteiger charge is 2.42. The van der Waals surface area contributed by atoms with Crippen LogP contribution in [0.1, 0.15) is 33.3 Å². The fourth-order valence-corrected chi connectivity index (χ4v) is 4.39. The first-order chi connectivity index (χ1) is 16.9. The summed E-state index contributed by atoms with van der Waals surface area (Å²) in [7, 11) is 1.57. The van der Waals surface area contributed by atoms with E-state index in [9.17, 15) is 24.1 Å². The number of nitrogens with zero attached hydrogens (tertiary/aromatic N) is 2. The highest BCUT2D eigenvalue weighted by Crippen LogP contribution is 2.38. The number of carbonyl (C=O) groups is 1. The minimum Gasteiger partial charge on any atom is -0.497 e. The SMILES string of the molecule is COc1ccc(CCN2C(=O)c3oc4ccc(F)cc4c(=O)c3[C@H]2c2ccc([N+](=O)[O-])cc2)cc1. The summed E-state index contributed by atoms with van der Waals surface area (Å²) < 4.78 is 24.9. The molecule has 1 aromatic heterocycles. The zero-order chi connectivity index (χ0) is 24.7. The molecule has 35 heavy (non-hydrogen) atoms. The monoisotopic (exact) mass is 474 g/mol. The maximum atomic E-state index is 13.9. The number of non-ortho nitro benzene ring substituents is 1. The van der Waals surface area contributed by atoms with Crippen molar-refractivity contribution in [3.8, 4) is 5.75 Å². The van der Waals surface area contributed by atoms with E-state index in [4.69, 9.17) is 9.15 Å². The number of fused-ring (bicyclic) bond motifs is 2. The first-order valence-corrected chi connectivity index (χ1v) is 10.8. The Morgan fingerprint density at radius 2 is 1.77 bits per heavy atom. The van der Waals surface area contributed by atoms with Gasteiger partial charge in [-0.3, -0.25) is 19.7 Å². The van der Waals surface area contributed by atoms with Gasteiger partial charge in [0.05, 0.1) is 29.0 Å². The van der Waals surface area contributed by atoms with E-state index in [1.165, 1.54) is 35.2 Å². The lowest BCUT2D eigenvalue weighted by atomic mass is 9.98. The molecule has 1 atom stereocenters. The number of rotatable bonds is 6. The molecular weight excluding hydrogens is 455 g/mol. The van der Waals surface area contributed by atoms with E-state index in [0.29, 0.717) is 17.7 Å². The van der Waals surface area contributed by atoms with Crippen molar-refractivity contribution in [1.29, 1.82) is 0 Å². The van der Waals surface area contributed by atoms with Gasteiger partial charge in [0.15, 0.2) is 5.43 Å². The summed E-state index contributed by atoms with van der Waals surface area (Å²) in [4.78, 5) is 39.0. The highest BCUT2D eigenvalue weighted by atomic mass is 19.1. The van der Waals surface area contributed by atoms with Crippen LogP contribution >= 0.6 is 0 Å². The van der Waals surface area contributed by atoms with Gasteiger partial charge in [0.25, 0.3) is 11.6 Å². The molecule has 0 unspecified atom stereocenters. The van der Waals surface area contributed by atoms with Crippen LogP contribution in [0.25, 0.3) is 11.0 Å².